The lowest BCUT2D eigenvalue weighted by atomic mass is 9.78. The zero-order valence-corrected chi connectivity index (χ0v) is 24.8. The second kappa shape index (κ2) is 11.1. The molecule has 2 fully saturated rings. The first-order chi connectivity index (χ1) is 20.3. The Kier molecular flexibility index (Phi) is 7.38. The van der Waals surface area contributed by atoms with Crippen molar-refractivity contribution in [2.24, 2.45) is 5.92 Å². The van der Waals surface area contributed by atoms with E-state index in [-0.39, 0.29) is 23.8 Å². The van der Waals surface area contributed by atoms with Crippen molar-refractivity contribution >= 4 is 29.1 Å². The van der Waals surface area contributed by atoms with Crippen LogP contribution in [-0.4, -0.2) is 27.8 Å². The lowest BCUT2D eigenvalue weighted by Gasteiger charge is -2.43. The van der Waals surface area contributed by atoms with Crippen molar-refractivity contribution in [3.63, 3.8) is 0 Å². The molecule has 0 N–H and O–H groups in total. The summed E-state index contributed by atoms with van der Waals surface area (Å²) in [5.74, 6) is -1.38. The molecule has 2 amide bonds. The van der Waals surface area contributed by atoms with Gasteiger partial charge in [0.2, 0.25) is 5.91 Å². The highest BCUT2D eigenvalue weighted by atomic mass is 35.5. The number of benzene rings is 3. The molecule has 0 bridgehead atoms. The minimum Gasteiger partial charge on any atom is -0.277 e. The topological polar surface area (TPSA) is 43.9 Å². The fourth-order valence-corrected chi connectivity index (χ4v) is 6.62. The summed E-state index contributed by atoms with van der Waals surface area (Å²) in [5, 5.41) is 4.78. The number of hydrogen-bond acceptors (Lipinski definition) is 4. The number of anilines is 1. The van der Waals surface area contributed by atoms with Crippen molar-refractivity contribution in [1.82, 2.24) is 9.91 Å². The van der Waals surface area contributed by atoms with E-state index in [1.165, 1.54) is 10.5 Å². The first kappa shape index (κ1) is 27.8. The molecule has 0 aliphatic carbocycles. The third-order valence-corrected chi connectivity index (χ3v) is 8.51. The molecule has 3 heterocycles. The van der Waals surface area contributed by atoms with Gasteiger partial charge in [-0.05, 0) is 56.2 Å². The van der Waals surface area contributed by atoms with Crippen LogP contribution in [0.25, 0.3) is 0 Å². The summed E-state index contributed by atoms with van der Waals surface area (Å²) in [6, 6.07) is 26.2. The van der Waals surface area contributed by atoms with E-state index in [0.29, 0.717) is 17.2 Å². The Morgan fingerprint density at radius 2 is 1.48 bits per heavy atom. The molecule has 42 heavy (non-hydrogen) atoms. The maximum atomic E-state index is 14.5. The van der Waals surface area contributed by atoms with Gasteiger partial charge in [0.15, 0.2) is 0 Å². The van der Waals surface area contributed by atoms with Crippen LogP contribution in [0.3, 0.4) is 0 Å². The van der Waals surface area contributed by atoms with Crippen molar-refractivity contribution in [1.29, 1.82) is 0 Å². The monoisotopic (exact) mass is 575 g/mol. The molecule has 3 aliphatic rings. The van der Waals surface area contributed by atoms with E-state index in [4.69, 9.17) is 11.6 Å². The van der Waals surface area contributed by atoms with Gasteiger partial charge in [0.1, 0.15) is 6.04 Å². The predicted molar refractivity (Wildman–Crippen MR) is 168 cm³/mol. The third kappa shape index (κ3) is 4.78. The number of carbonyl (C=O) groups is 2. The standard InChI is InChI=1S/C36H34ClN3O2/c1-5-9-29(20-25(4)37)38-35(41)33-31(26-16-12-23(2)13-17-26)21-30-22-32(27-18-14-24(3)15-19-27)39(28-10-7-6-8-11-28)40(30)34(33)36(38)42/h5-21,31-34H,1,22H2,2-4H3. The van der Waals surface area contributed by atoms with Crippen molar-refractivity contribution < 1.29 is 9.59 Å². The lowest BCUT2D eigenvalue weighted by Crippen LogP contribution is -2.53. The van der Waals surface area contributed by atoms with Gasteiger partial charge in [0.25, 0.3) is 5.91 Å². The molecule has 0 spiro atoms. The fourth-order valence-electron chi connectivity index (χ4n) is 6.51. The summed E-state index contributed by atoms with van der Waals surface area (Å²) in [7, 11) is 0. The molecular weight excluding hydrogens is 542 g/mol. The first-order valence-electron chi connectivity index (χ1n) is 14.3. The Hall–Kier alpha value is -4.35. The Bertz CT molecular complexity index is 1620. The molecule has 0 saturated carbocycles. The molecule has 3 aliphatic heterocycles. The van der Waals surface area contributed by atoms with Crippen LogP contribution in [0.1, 0.15) is 47.6 Å². The Morgan fingerprint density at radius 1 is 0.857 bits per heavy atom. The summed E-state index contributed by atoms with van der Waals surface area (Å²) >= 11 is 6.27. The molecule has 4 unspecified atom stereocenters. The van der Waals surface area contributed by atoms with Gasteiger partial charge in [-0.2, -0.15) is 0 Å². The number of halogens is 1. The number of rotatable bonds is 6. The minimum absolute atomic E-state index is 0.0400. The van der Waals surface area contributed by atoms with Gasteiger partial charge in [-0.3, -0.25) is 19.6 Å². The number of allylic oxidation sites excluding steroid dienone is 5. The normalized spacial score (nSPS) is 24.1. The molecule has 2 saturated heterocycles. The van der Waals surface area contributed by atoms with E-state index in [2.05, 4.69) is 90.3 Å². The maximum Gasteiger partial charge on any atom is 0.259 e. The molecule has 4 atom stereocenters. The molecule has 6 rings (SSSR count). The van der Waals surface area contributed by atoms with Crippen LogP contribution in [0, 0.1) is 19.8 Å². The van der Waals surface area contributed by atoms with Crippen molar-refractivity contribution in [2.75, 3.05) is 5.01 Å². The molecule has 212 valence electrons. The van der Waals surface area contributed by atoms with Crippen LogP contribution in [-0.2, 0) is 9.59 Å². The molecule has 0 aromatic heterocycles. The summed E-state index contributed by atoms with van der Waals surface area (Å²) in [5.41, 5.74) is 6.94. The number of hydrogen-bond donors (Lipinski definition) is 0. The van der Waals surface area contributed by atoms with Crippen LogP contribution in [0.15, 0.2) is 126 Å². The van der Waals surface area contributed by atoms with Crippen LogP contribution >= 0.6 is 11.6 Å². The van der Waals surface area contributed by atoms with Crippen molar-refractivity contribution in [2.45, 2.75) is 45.2 Å². The van der Waals surface area contributed by atoms with E-state index in [1.807, 2.05) is 25.1 Å². The van der Waals surface area contributed by atoms with Gasteiger partial charge in [-0.15, -0.1) is 0 Å². The van der Waals surface area contributed by atoms with Gasteiger partial charge in [-0.1, -0.05) is 108 Å². The number of nitrogens with zero attached hydrogens (tertiary/aromatic N) is 3. The zero-order chi connectivity index (χ0) is 29.5. The number of aryl methyl sites for hydroxylation is 2. The van der Waals surface area contributed by atoms with Crippen LogP contribution in [0.5, 0.6) is 0 Å². The number of carbonyl (C=O) groups excluding carboxylic acids is 2. The number of amides is 2. The maximum absolute atomic E-state index is 14.5. The Balaban J connectivity index is 1.55. The van der Waals surface area contributed by atoms with Gasteiger partial charge in [-0.25, -0.2) is 4.90 Å². The molecular formula is C36H34ClN3O2. The molecule has 3 aromatic carbocycles. The lowest BCUT2D eigenvalue weighted by molar-refractivity contribution is -0.137. The predicted octanol–water partition coefficient (Wildman–Crippen LogP) is 7.72. The highest BCUT2D eigenvalue weighted by Crippen LogP contribution is 2.52. The minimum atomic E-state index is -0.725. The smallest absolute Gasteiger partial charge is 0.259 e. The number of para-hydroxylation sites is 1. The van der Waals surface area contributed by atoms with Crippen molar-refractivity contribution in [3.05, 3.63) is 148 Å². The summed E-state index contributed by atoms with van der Waals surface area (Å²) in [6.07, 6.45) is 7.82. The number of fused-ring (bicyclic) bond motifs is 3. The molecule has 3 aromatic rings. The number of likely N-dealkylation sites (tertiary alicyclic amines) is 1. The number of imide groups is 1. The van der Waals surface area contributed by atoms with E-state index >= 15 is 0 Å². The van der Waals surface area contributed by atoms with Crippen molar-refractivity contribution in [3.8, 4) is 0 Å². The average molecular weight is 576 g/mol. The summed E-state index contributed by atoms with van der Waals surface area (Å²) in [4.78, 5) is 30.3. The Labute approximate surface area is 252 Å². The average Bonchev–Trinajstić information content (AvgIpc) is 3.48. The highest BCUT2D eigenvalue weighted by Gasteiger charge is 2.60. The Morgan fingerprint density at radius 3 is 2.07 bits per heavy atom. The summed E-state index contributed by atoms with van der Waals surface area (Å²) < 4.78 is 0. The van der Waals surface area contributed by atoms with E-state index in [1.54, 1.807) is 25.2 Å². The van der Waals surface area contributed by atoms with Gasteiger partial charge in [0.05, 0.1) is 23.3 Å². The second-order valence-electron chi connectivity index (χ2n) is 11.3. The third-order valence-electron chi connectivity index (χ3n) is 8.40. The molecule has 6 heteroatoms. The van der Waals surface area contributed by atoms with E-state index in [9.17, 15) is 9.59 Å². The van der Waals surface area contributed by atoms with E-state index in [0.717, 1.165) is 28.1 Å². The highest BCUT2D eigenvalue weighted by molar-refractivity contribution is 6.29. The SMILES string of the molecule is C=CC=C(C=C(C)Cl)N1C(=O)C2C(c3ccc(C)cc3)C=C3CC(c4ccc(C)cc4)N(c4ccccc4)N3C2C1=O. The van der Waals surface area contributed by atoms with Crippen LogP contribution in [0.2, 0.25) is 0 Å². The largest absolute Gasteiger partial charge is 0.277 e. The van der Waals surface area contributed by atoms with Crippen LogP contribution in [0.4, 0.5) is 5.69 Å². The zero-order valence-electron chi connectivity index (χ0n) is 24.1. The molecule has 5 nitrogen and oxygen atoms in total. The quantitative estimate of drug-likeness (QED) is 0.223. The van der Waals surface area contributed by atoms with Gasteiger partial charge < -0.3 is 0 Å². The first-order valence-corrected chi connectivity index (χ1v) is 14.7. The van der Waals surface area contributed by atoms with Crippen LogP contribution < -0.4 is 5.01 Å². The molecule has 0 radical (unpaired) electrons. The summed E-state index contributed by atoms with van der Waals surface area (Å²) in [6.45, 7) is 9.68. The number of hydrazine groups is 1. The fraction of sp³-hybridized carbons (Fsp3) is 0.222. The second-order valence-corrected chi connectivity index (χ2v) is 11.9. The van der Waals surface area contributed by atoms with Gasteiger partial charge in [0, 0.05) is 23.1 Å². The van der Waals surface area contributed by atoms with E-state index < -0.39 is 12.0 Å². The van der Waals surface area contributed by atoms with Gasteiger partial charge >= 0.3 is 0 Å².